The molecule has 1 aliphatic heterocycles. The molecule has 1 aromatic rings. The molecule has 3 atom stereocenters. The van der Waals surface area contributed by atoms with E-state index in [1.807, 2.05) is 24.3 Å². The van der Waals surface area contributed by atoms with Crippen molar-refractivity contribution in [2.45, 2.75) is 31.3 Å². The lowest BCUT2D eigenvalue weighted by molar-refractivity contribution is 0.157. The van der Waals surface area contributed by atoms with Crippen molar-refractivity contribution in [2.24, 2.45) is 5.92 Å². The highest BCUT2D eigenvalue weighted by molar-refractivity contribution is 7.86. The Morgan fingerprint density at radius 1 is 1.17 bits per heavy atom. The minimum absolute atomic E-state index is 0.0803. The van der Waals surface area contributed by atoms with Crippen molar-refractivity contribution in [2.75, 3.05) is 27.8 Å². The molecule has 2 bridgehead atoms. The fraction of sp³-hybridized carbons (Fsp3) is 0.625. The summed E-state index contributed by atoms with van der Waals surface area (Å²) in [7, 11) is 1.39. The zero-order valence-electron chi connectivity index (χ0n) is 13.8. The van der Waals surface area contributed by atoms with E-state index < -0.39 is 10.2 Å². The van der Waals surface area contributed by atoms with Gasteiger partial charge in [0.15, 0.2) is 0 Å². The molecule has 1 saturated carbocycles. The molecule has 2 aliphatic rings. The monoisotopic (exact) mass is 340 g/mol. The van der Waals surface area contributed by atoms with Gasteiger partial charge in [-0.15, -0.1) is 0 Å². The lowest BCUT2D eigenvalue weighted by Crippen LogP contribution is -2.51. The first-order valence-electron chi connectivity index (χ1n) is 7.91. The molecule has 6 nitrogen and oxygen atoms in total. The Labute approximate surface area is 138 Å². The van der Waals surface area contributed by atoms with E-state index in [-0.39, 0.29) is 12.1 Å². The van der Waals surface area contributed by atoms with E-state index >= 15 is 0 Å². The largest absolute Gasteiger partial charge is 0.497 e. The van der Waals surface area contributed by atoms with Crippen molar-refractivity contribution >= 4 is 10.2 Å². The zero-order chi connectivity index (χ0) is 16.6. The van der Waals surface area contributed by atoms with Gasteiger partial charge < -0.3 is 9.47 Å². The van der Waals surface area contributed by atoms with Crippen LogP contribution >= 0.6 is 0 Å². The average molecular weight is 340 g/mol. The van der Waals surface area contributed by atoms with Crippen LogP contribution in [0.15, 0.2) is 24.3 Å². The molecule has 0 amide bonds. The topological polar surface area (TPSA) is 59.1 Å². The van der Waals surface area contributed by atoms with Gasteiger partial charge in [-0.1, -0.05) is 0 Å². The summed E-state index contributed by atoms with van der Waals surface area (Å²) >= 11 is 0. The van der Waals surface area contributed by atoms with Crippen LogP contribution in [0.4, 0.5) is 0 Å². The van der Waals surface area contributed by atoms with Gasteiger partial charge in [0.2, 0.25) is 0 Å². The van der Waals surface area contributed by atoms with Crippen molar-refractivity contribution in [1.29, 1.82) is 0 Å². The first-order valence-corrected chi connectivity index (χ1v) is 9.31. The quantitative estimate of drug-likeness (QED) is 0.791. The normalized spacial score (nSPS) is 27.6. The van der Waals surface area contributed by atoms with Gasteiger partial charge in [0.1, 0.15) is 18.1 Å². The Morgan fingerprint density at radius 3 is 2.43 bits per heavy atom. The van der Waals surface area contributed by atoms with Gasteiger partial charge in [0.25, 0.3) is 10.2 Å². The van der Waals surface area contributed by atoms with Crippen molar-refractivity contribution in [3.8, 4) is 11.5 Å². The molecule has 128 valence electrons. The third kappa shape index (κ3) is 3.05. The van der Waals surface area contributed by atoms with Gasteiger partial charge in [0.05, 0.1) is 13.2 Å². The van der Waals surface area contributed by atoms with Crippen molar-refractivity contribution in [1.82, 2.24) is 8.61 Å². The first kappa shape index (κ1) is 16.5. The number of methoxy groups -OCH3 is 1. The van der Waals surface area contributed by atoms with Crippen LogP contribution < -0.4 is 9.47 Å². The molecule has 0 unspecified atom stereocenters. The van der Waals surface area contributed by atoms with Crippen LogP contribution in [-0.2, 0) is 10.2 Å². The smallest absolute Gasteiger partial charge is 0.282 e. The van der Waals surface area contributed by atoms with Crippen molar-refractivity contribution in [3.63, 3.8) is 0 Å². The SMILES string of the molecule is COc1ccc(OC[C@H]2[C@H]3CC[C@@H](C3)N2S(=O)(=O)N(C)C)cc1. The number of hydrogen-bond acceptors (Lipinski definition) is 4. The van der Waals surface area contributed by atoms with Gasteiger partial charge in [-0.2, -0.15) is 17.0 Å². The van der Waals surface area contributed by atoms with Crippen LogP contribution in [0.5, 0.6) is 11.5 Å². The first-order chi connectivity index (χ1) is 10.9. The highest BCUT2D eigenvalue weighted by Crippen LogP contribution is 2.44. The lowest BCUT2D eigenvalue weighted by Gasteiger charge is -2.35. The fourth-order valence-electron chi connectivity index (χ4n) is 3.66. The molecule has 1 aliphatic carbocycles. The van der Waals surface area contributed by atoms with Gasteiger partial charge in [-0.3, -0.25) is 0 Å². The minimum Gasteiger partial charge on any atom is -0.497 e. The molecule has 1 aromatic carbocycles. The summed E-state index contributed by atoms with van der Waals surface area (Å²) in [6, 6.07) is 7.41. The number of ether oxygens (including phenoxy) is 2. The summed E-state index contributed by atoms with van der Waals surface area (Å²) in [4.78, 5) is 0. The van der Waals surface area contributed by atoms with E-state index in [0.29, 0.717) is 12.5 Å². The third-order valence-electron chi connectivity index (χ3n) is 4.88. The Balaban J connectivity index is 1.72. The molecular weight excluding hydrogens is 316 g/mol. The summed E-state index contributed by atoms with van der Waals surface area (Å²) in [6.45, 7) is 0.389. The molecule has 1 heterocycles. The van der Waals surface area contributed by atoms with Crippen LogP contribution in [-0.4, -0.2) is 56.9 Å². The second-order valence-electron chi connectivity index (χ2n) is 6.40. The zero-order valence-corrected chi connectivity index (χ0v) is 14.6. The number of piperidine rings is 1. The molecule has 0 radical (unpaired) electrons. The number of fused-ring (bicyclic) bond motifs is 2. The van der Waals surface area contributed by atoms with E-state index in [1.54, 1.807) is 25.5 Å². The number of rotatable bonds is 6. The second-order valence-corrected chi connectivity index (χ2v) is 8.45. The van der Waals surface area contributed by atoms with Crippen molar-refractivity contribution in [3.05, 3.63) is 24.3 Å². The maximum Gasteiger partial charge on any atom is 0.282 e. The molecule has 1 saturated heterocycles. The van der Waals surface area contributed by atoms with Crippen LogP contribution in [0.3, 0.4) is 0 Å². The summed E-state index contributed by atoms with van der Waals surface area (Å²) in [5, 5.41) is 0. The molecule has 0 spiro atoms. The van der Waals surface area contributed by atoms with E-state index in [2.05, 4.69) is 0 Å². The van der Waals surface area contributed by atoms with E-state index in [1.165, 1.54) is 4.31 Å². The van der Waals surface area contributed by atoms with Crippen LogP contribution in [0, 0.1) is 5.92 Å². The molecule has 0 N–H and O–H groups in total. The Bertz CT molecular complexity index is 645. The summed E-state index contributed by atoms with van der Waals surface area (Å²) in [5.41, 5.74) is 0. The van der Waals surface area contributed by atoms with Crippen LogP contribution in [0.25, 0.3) is 0 Å². The van der Waals surface area contributed by atoms with Gasteiger partial charge in [-0.05, 0) is 49.4 Å². The van der Waals surface area contributed by atoms with E-state index in [9.17, 15) is 8.42 Å². The Morgan fingerprint density at radius 2 is 1.83 bits per heavy atom. The number of benzene rings is 1. The van der Waals surface area contributed by atoms with Gasteiger partial charge in [0, 0.05) is 20.1 Å². The predicted molar refractivity (Wildman–Crippen MR) is 87.9 cm³/mol. The minimum atomic E-state index is -3.41. The highest BCUT2D eigenvalue weighted by Gasteiger charge is 2.51. The van der Waals surface area contributed by atoms with Crippen LogP contribution in [0.2, 0.25) is 0 Å². The second kappa shape index (κ2) is 6.30. The Hall–Kier alpha value is -1.31. The van der Waals surface area contributed by atoms with E-state index in [0.717, 1.165) is 30.8 Å². The molecule has 23 heavy (non-hydrogen) atoms. The summed E-state index contributed by atoms with van der Waals surface area (Å²) < 4.78 is 39.2. The molecule has 3 rings (SSSR count). The maximum absolute atomic E-state index is 12.6. The highest BCUT2D eigenvalue weighted by atomic mass is 32.2. The third-order valence-corrected chi connectivity index (χ3v) is 6.91. The molecular formula is C16H24N2O4S. The average Bonchev–Trinajstić information content (AvgIpc) is 3.14. The standard InChI is InChI=1S/C16H24N2O4S/c1-17(2)23(19,20)18-13-5-4-12(10-13)16(18)11-22-15-8-6-14(21-3)7-9-15/h6-9,12-13,16H,4-5,10-11H2,1-3H3/t12-,13-,16-/m0/s1. The van der Waals surface area contributed by atoms with Crippen LogP contribution in [0.1, 0.15) is 19.3 Å². The number of nitrogens with zero attached hydrogens (tertiary/aromatic N) is 2. The van der Waals surface area contributed by atoms with Gasteiger partial charge >= 0.3 is 0 Å². The molecule has 7 heteroatoms. The summed E-state index contributed by atoms with van der Waals surface area (Å²) in [6.07, 6.45) is 2.99. The lowest BCUT2D eigenvalue weighted by atomic mass is 10.0. The molecule has 2 fully saturated rings. The molecule has 0 aromatic heterocycles. The van der Waals surface area contributed by atoms with Gasteiger partial charge in [-0.25, -0.2) is 0 Å². The van der Waals surface area contributed by atoms with E-state index in [4.69, 9.17) is 9.47 Å². The summed E-state index contributed by atoms with van der Waals surface area (Å²) in [5.74, 6) is 1.90. The fourth-order valence-corrected chi connectivity index (χ4v) is 5.18. The number of hydrogen-bond donors (Lipinski definition) is 0. The predicted octanol–water partition coefficient (Wildman–Crippen LogP) is 1.73. The maximum atomic E-state index is 12.6. The van der Waals surface area contributed by atoms with Crippen molar-refractivity contribution < 1.29 is 17.9 Å². The Kier molecular flexibility index (Phi) is 4.53.